The van der Waals surface area contributed by atoms with Gasteiger partial charge in [0.25, 0.3) is 0 Å². The largest absolute Gasteiger partial charge is 0.293 e. The molecule has 2 aromatic rings. The van der Waals surface area contributed by atoms with Gasteiger partial charge < -0.3 is 0 Å². The molecule has 0 aliphatic heterocycles. The maximum atomic E-state index is 12.0. The van der Waals surface area contributed by atoms with Crippen LogP contribution in [0.3, 0.4) is 0 Å². The number of hydrogen-bond acceptors (Lipinski definition) is 4. The lowest BCUT2D eigenvalue weighted by atomic mass is 10.2. The number of nitrogens with zero attached hydrogens (tertiary/aromatic N) is 2. The van der Waals surface area contributed by atoms with E-state index in [2.05, 4.69) is 25.9 Å². The molecule has 0 bridgehead atoms. The van der Waals surface area contributed by atoms with Crippen LogP contribution in [0.5, 0.6) is 0 Å². The number of halogens is 1. The number of rotatable bonds is 4. The topological polar surface area (TPSA) is 42.9 Å². The maximum absolute atomic E-state index is 12.0. The zero-order valence-corrected chi connectivity index (χ0v) is 13.1. The molecule has 0 aliphatic carbocycles. The van der Waals surface area contributed by atoms with Gasteiger partial charge in [0.1, 0.15) is 0 Å². The van der Waals surface area contributed by atoms with Gasteiger partial charge in [0.05, 0.1) is 5.75 Å². The van der Waals surface area contributed by atoms with E-state index in [1.54, 1.807) is 0 Å². The van der Waals surface area contributed by atoms with Gasteiger partial charge in [-0.1, -0.05) is 39.8 Å². The predicted octanol–water partition coefficient (Wildman–Crippen LogP) is 3.83. The monoisotopic (exact) mass is 336 g/mol. The van der Waals surface area contributed by atoms with Crippen molar-refractivity contribution in [1.82, 2.24) is 9.97 Å². The second-order valence-corrected chi connectivity index (χ2v) is 6.01. The zero-order valence-electron chi connectivity index (χ0n) is 10.7. The molecule has 0 unspecified atom stereocenters. The zero-order chi connectivity index (χ0) is 13.8. The summed E-state index contributed by atoms with van der Waals surface area (Å²) in [4.78, 5) is 20.6. The molecule has 0 saturated heterocycles. The standard InChI is InChI=1S/C14H13BrN2OS/c1-9-7-10(2)17-14(16-9)19-8-13(18)11-3-5-12(15)6-4-11/h3-7H,8H2,1-2H3. The van der Waals surface area contributed by atoms with Crippen LogP contribution in [0.2, 0.25) is 0 Å². The van der Waals surface area contributed by atoms with Gasteiger partial charge in [-0.2, -0.15) is 0 Å². The molecule has 1 heterocycles. The summed E-state index contributed by atoms with van der Waals surface area (Å²) >= 11 is 4.72. The molecule has 1 aromatic carbocycles. The van der Waals surface area contributed by atoms with E-state index >= 15 is 0 Å². The summed E-state index contributed by atoms with van der Waals surface area (Å²) in [5.74, 6) is 0.435. The van der Waals surface area contributed by atoms with Crippen molar-refractivity contribution in [1.29, 1.82) is 0 Å². The molecule has 0 N–H and O–H groups in total. The summed E-state index contributed by atoms with van der Waals surface area (Å²) in [7, 11) is 0. The summed E-state index contributed by atoms with van der Waals surface area (Å²) in [5.41, 5.74) is 2.55. The molecular weight excluding hydrogens is 324 g/mol. The van der Waals surface area contributed by atoms with Crippen molar-refractivity contribution < 1.29 is 4.79 Å². The van der Waals surface area contributed by atoms with Crippen LogP contribution in [0.15, 0.2) is 40.0 Å². The Kier molecular flexibility index (Phi) is 4.71. The highest BCUT2D eigenvalue weighted by atomic mass is 79.9. The highest BCUT2D eigenvalue weighted by Gasteiger charge is 2.08. The molecule has 0 saturated carbocycles. The molecule has 3 nitrogen and oxygen atoms in total. The third-order valence-electron chi connectivity index (χ3n) is 2.46. The van der Waals surface area contributed by atoms with Gasteiger partial charge in [-0.25, -0.2) is 9.97 Å². The van der Waals surface area contributed by atoms with E-state index in [-0.39, 0.29) is 5.78 Å². The Balaban J connectivity index is 2.02. The van der Waals surface area contributed by atoms with Gasteiger partial charge in [0.15, 0.2) is 10.9 Å². The molecule has 98 valence electrons. The first kappa shape index (κ1) is 14.2. The van der Waals surface area contributed by atoms with Crippen LogP contribution in [0.25, 0.3) is 0 Å². The number of benzene rings is 1. The predicted molar refractivity (Wildman–Crippen MR) is 80.7 cm³/mol. The minimum atomic E-state index is 0.0836. The van der Waals surface area contributed by atoms with E-state index in [1.807, 2.05) is 44.2 Å². The minimum absolute atomic E-state index is 0.0836. The molecule has 0 aliphatic rings. The quantitative estimate of drug-likeness (QED) is 0.483. The Morgan fingerprint density at radius 2 is 1.74 bits per heavy atom. The van der Waals surface area contributed by atoms with Crippen molar-refractivity contribution in [2.75, 3.05) is 5.75 Å². The fraction of sp³-hybridized carbons (Fsp3) is 0.214. The Hall–Kier alpha value is -1.20. The average Bonchev–Trinajstić information content (AvgIpc) is 2.36. The lowest BCUT2D eigenvalue weighted by Crippen LogP contribution is -2.03. The van der Waals surface area contributed by atoms with E-state index < -0.39 is 0 Å². The van der Waals surface area contributed by atoms with Crippen molar-refractivity contribution in [3.8, 4) is 0 Å². The van der Waals surface area contributed by atoms with Crippen LogP contribution in [0.4, 0.5) is 0 Å². The summed E-state index contributed by atoms with van der Waals surface area (Å²) in [6.45, 7) is 3.85. The van der Waals surface area contributed by atoms with Gasteiger partial charge >= 0.3 is 0 Å². The molecular formula is C14H13BrN2OS. The SMILES string of the molecule is Cc1cc(C)nc(SCC(=O)c2ccc(Br)cc2)n1. The van der Waals surface area contributed by atoms with Crippen molar-refractivity contribution in [3.63, 3.8) is 0 Å². The molecule has 0 atom stereocenters. The molecule has 0 radical (unpaired) electrons. The van der Waals surface area contributed by atoms with Gasteiger partial charge in [0, 0.05) is 21.4 Å². The van der Waals surface area contributed by atoms with Crippen molar-refractivity contribution in [3.05, 3.63) is 51.8 Å². The molecule has 0 spiro atoms. The third-order valence-corrected chi connectivity index (χ3v) is 3.84. The molecule has 19 heavy (non-hydrogen) atoms. The smallest absolute Gasteiger partial charge is 0.188 e. The molecule has 2 rings (SSSR count). The molecule has 1 aromatic heterocycles. The number of hydrogen-bond donors (Lipinski definition) is 0. The third kappa shape index (κ3) is 4.14. The van der Waals surface area contributed by atoms with Crippen LogP contribution >= 0.6 is 27.7 Å². The Labute approximate surface area is 125 Å². The highest BCUT2D eigenvalue weighted by molar-refractivity contribution is 9.10. The number of thioether (sulfide) groups is 1. The Morgan fingerprint density at radius 3 is 2.32 bits per heavy atom. The first-order valence-electron chi connectivity index (χ1n) is 5.78. The second kappa shape index (κ2) is 6.30. The summed E-state index contributed by atoms with van der Waals surface area (Å²) < 4.78 is 0.967. The minimum Gasteiger partial charge on any atom is -0.293 e. The highest BCUT2D eigenvalue weighted by Crippen LogP contribution is 2.17. The molecule has 5 heteroatoms. The summed E-state index contributed by atoms with van der Waals surface area (Å²) in [5, 5.41) is 0.656. The van der Waals surface area contributed by atoms with E-state index in [0.717, 1.165) is 15.9 Å². The normalized spacial score (nSPS) is 10.5. The number of carbonyl (C=O) groups excluding carboxylic acids is 1. The molecule has 0 fully saturated rings. The van der Waals surface area contributed by atoms with E-state index in [0.29, 0.717) is 16.5 Å². The lowest BCUT2D eigenvalue weighted by Gasteiger charge is -2.03. The number of aromatic nitrogens is 2. The molecule has 0 amide bonds. The van der Waals surface area contributed by atoms with Crippen LogP contribution in [0.1, 0.15) is 21.7 Å². The van der Waals surface area contributed by atoms with Crippen LogP contribution in [-0.4, -0.2) is 21.5 Å². The van der Waals surface area contributed by atoms with Crippen molar-refractivity contribution >= 4 is 33.5 Å². The van der Waals surface area contributed by atoms with Crippen LogP contribution < -0.4 is 0 Å². The number of aryl methyl sites for hydroxylation is 2. The van der Waals surface area contributed by atoms with Gasteiger partial charge in [-0.3, -0.25) is 4.79 Å². The Morgan fingerprint density at radius 1 is 1.16 bits per heavy atom. The summed E-state index contributed by atoms with van der Waals surface area (Å²) in [6.07, 6.45) is 0. The van der Waals surface area contributed by atoms with Crippen LogP contribution in [-0.2, 0) is 0 Å². The fourth-order valence-corrected chi connectivity index (χ4v) is 2.72. The van der Waals surface area contributed by atoms with E-state index in [4.69, 9.17) is 0 Å². The summed E-state index contributed by atoms with van der Waals surface area (Å²) in [6, 6.07) is 9.28. The lowest BCUT2D eigenvalue weighted by molar-refractivity contribution is 0.102. The van der Waals surface area contributed by atoms with Crippen molar-refractivity contribution in [2.24, 2.45) is 0 Å². The average molecular weight is 337 g/mol. The maximum Gasteiger partial charge on any atom is 0.188 e. The number of carbonyl (C=O) groups is 1. The first-order chi connectivity index (χ1) is 9.04. The van der Waals surface area contributed by atoms with Gasteiger partial charge in [-0.05, 0) is 32.0 Å². The van der Waals surface area contributed by atoms with Gasteiger partial charge in [-0.15, -0.1) is 0 Å². The fourth-order valence-electron chi connectivity index (χ4n) is 1.61. The van der Waals surface area contributed by atoms with Gasteiger partial charge in [0.2, 0.25) is 0 Å². The van der Waals surface area contributed by atoms with E-state index in [1.165, 1.54) is 11.8 Å². The van der Waals surface area contributed by atoms with Crippen molar-refractivity contribution in [2.45, 2.75) is 19.0 Å². The first-order valence-corrected chi connectivity index (χ1v) is 7.56. The number of Topliss-reactive ketones (excluding diaryl/α,β-unsaturated/α-hetero) is 1. The second-order valence-electron chi connectivity index (χ2n) is 4.15. The number of ketones is 1. The van der Waals surface area contributed by atoms with Crippen LogP contribution in [0, 0.1) is 13.8 Å². The Bertz CT molecular complexity index is 579. The van der Waals surface area contributed by atoms with E-state index in [9.17, 15) is 4.79 Å².